The summed E-state index contributed by atoms with van der Waals surface area (Å²) < 4.78 is 28.0. The predicted octanol–water partition coefficient (Wildman–Crippen LogP) is 4.77. The monoisotopic (exact) mass is 352 g/mol. The first-order valence-corrected chi connectivity index (χ1v) is 8.61. The summed E-state index contributed by atoms with van der Waals surface area (Å²) in [7, 11) is 0. The molecule has 0 saturated carbocycles. The number of aromatic nitrogens is 2. The summed E-state index contributed by atoms with van der Waals surface area (Å²) >= 11 is 0. The molecule has 0 radical (unpaired) electrons. The molecule has 0 atom stereocenters. The van der Waals surface area contributed by atoms with E-state index < -0.39 is 11.6 Å². The molecule has 3 aromatic rings. The standard InChI is InChI=1S/C20H18F2N4/c21-15-9-6-10-16(22)19(15)25-20-23-17(14-7-2-1-3-8-14)13-18(24-20)26-11-4-5-12-26/h1-3,6-10,13H,4-5,11-12H2,(H,23,24,25). The van der Waals surface area contributed by atoms with Crippen molar-refractivity contribution in [2.75, 3.05) is 23.3 Å². The molecule has 1 fully saturated rings. The molecule has 2 aromatic carbocycles. The molecule has 26 heavy (non-hydrogen) atoms. The Morgan fingerprint density at radius 2 is 1.54 bits per heavy atom. The second-order valence-corrected chi connectivity index (χ2v) is 6.22. The number of hydrogen-bond donors (Lipinski definition) is 1. The van der Waals surface area contributed by atoms with Crippen molar-refractivity contribution in [3.63, 3.8) is 0 Å². The molecule has 1 aromatic heterocycles. The lowest BCUT2D eigenvalue weighted by atomic mass is 10.1. The predicted molar refractivity (Wildman–Crippen MR) is 98.6 cm³/mol. The van der Waals surface area contributed by atoms with Crippen LogP contribution in [0.15, 0.2) is 54.6 Å². The van der Waals surface area contributed by atoms with E-state index >= 15 is 0 Å². The lowest BCUT2D eigenvalue weighted by Gasteiger charge is -2.18. The molecule has 4 rings (SSSR count). The van der Waals surface area contributed by atoms with Crippen LogP contribution in [0.2, 0.25) is 0 Å². The van der Waals surface area contributed by atoms with Crippen LogP contribution in [0.3, 0.4) is 0 Å². The van der Waals surface area contributed by atoms with Gasteiger partial charge in [-0.05, 0) is 25.0 Å². The van der Waals surface area contributed by atoms with E-state index in [2.05, 4.69) is 20.2 Å². The summed E-state index contributed by atoms with van der Waals surface area (Å²) in [6.07, 6.45) is 2.21. The van der Waals surface area contributed by atoms with Crippen molar-refractivity contribution in [1.29, 1.82) is 0 Å². The average molecular weight is 352 g/mol. The van der Waals surface area contributed by atoms with Crippen LogP contribution in [-0.2, 0) is 0 Å². The molecular weight excluding hydrogens is 334 g/mol. The summed E-state index contributed by atoms with van der Waals surface area (Å²) in [5, 5.41) is 2.72. The number of hydrogen-bond acceptors (Lipinski definition) is 4. The average Bonchev–Trinajstić information content (AvgIpc) is 3.20. The third kappa shape index (κ3) is 3.35. The maximum atomic E-state index is 14.0. The van der Waals surface area contributed by atoms with Crippen molar-refractivity contribution in [2.24, 2.45) is 0 Å². The second-order valence-electron chi connectivity index (χ2n) is 6.22. The molecular formula is C20H18F2N4. The molecule has 6 heteroatoms. The summed E-state index contributed by atoms with van der Waals surface area (Å²) in [6.45, 7) is 1.83. The van der Waals surface area contributed by atoms with Gasteiger partial charge in [0.15, 0.2) is 0 Å². The number of anilines is 3. The highest BCUT2D eigenvalue weighted by molar-refractivity contribution is 5.67. The molecule has 0 unspecified atom stereocenters. The number of nitrogens with zero attached hydrogens (tertiary/aromatic N) is 3. The van der Waals surface area contributed by atoms with E-state index in [1.165, 1.54) is 18.2 Å². The van der Waals surface area contributed by atoms with E-state index in [1.807, 2.05) is 36.4 Å². The molecule has 0 amide bonds. The molecule has 0 bridgehead atoms. The Kier molecular flexibility index (Phi) is 4.48. The van der Waals surface area contributed by atoms with Crippen molar-refractivity contribution in [1.82, 2.24) is 9.97 Å². The van der Waals surface area contributed by atoms with E-state index in [1.54, 1.807) is 0 Å². The quantitative estimate of drug-likeness (QED) is 0.735. The fourth-order valence-corrected chi connectivity index (χ4v) is 3.08. The van der Waals surface area contributed by atoms with Crippen LogP contribution in [0.5, 0.6) is 0 Å². The van der Waals surface area contributed by atoms with Gasteiger partial charge in [-0.1, -0.05) is 36.4 Å². The highest BCUT2D eigenvalue weighted by Gasteiger charge is 2.18. The van der Waals surface area contributed by atoms with Gasteiger partial charge in [0.05, 0.1) is 5.69 Å². The van der Waals surface area contributed by atoms with Crippen LogP contribution < -0.4 is 10.2 Å². The molecule has 132 valence electrons. The molecule has 2 heterocycles. The fourth-order valence-electron chi connectivity index (χ4n) is 3.08. The number of para-hydroxylation sites is 1. The molecule has 1 aliphatic rings. The molecule has 0 aliphatic carbocycles. The zero-order valence-electron chi connectivity index (χ0n) is 14.1. The Labute approximate surface area is 150 Å². The number of nitrogens with one attached hydrogen (secondary N) is 1. The summed E-state index contributed by atoms with van der Waals surface area (Å²) in [6, 6.07) is 15.3. The van der Waals surface area contributed by atoms with Crippen molar-refractivity contribution in [3.05, 3.63) is 66.2 Å². The van der Waals surface area contributed by atoms with Crippen LogP contribution in [0.1, 0.15) is 12.8 Å². The van der Waals surface area contributed by atoms with Gasteiger partial charge in [0.25, 0.3) is 0 Å². The molecule has 1 saturated heterocycles. The Bertz CT molecular complexity index is 889. The van der Waals surface area contributed by atoms with Crippen molar-refractivity contribution in [3.8, 4) is 11.3 Å². The van der Waals surface area contributed by atoms with Crippen LogP contribution in [0.25, 0.3) is 11.3 Å². The minimum Gasteiger partial charge on any atom is -0.356 e. The van der Waals surface area contributed by atoms with Gasteiger partial charge in [0, 0.05) is 24.7 Å². The van der Waals surface area contributed by atoms with Gasteiger partial charge in [-0.15, -0.1) is 0 Å². The maximum Gasteiger partial charge on any atom is 0.229 e. The van der Waals surface area contributed by atoms with Crippen LogP contribution in [-0.4, -0.2) is 23.1 Å². The lowest BCUT2D eigenvalue weighted by molar-refractivity contribution is 0.590. The third-order valence-electron chi connectivity index (χ3n) is 4.41. The zero-order valence-corrected chi connectivity index (χ0v) is 14.1. The second kappa shape index (κ2) is 7.07. The first-order valence-electron chi connectivity index (χ1n) is 8.61. The Balaban J connectivity index is 1.77. The number of rotatable bonds is 4. The Hall–Kier alpha value is -3.02. The van der Waals surface area contributed by atoms with E-state index in [9.17, 15) is 8.78 Å². The van der Waals surface area contributed by atoms with Gasteiger partial charge >= 0.3 is 0 Å². The van der Waals surface area contributed by atoms with Gasteiger partial charge in [-0.2, -0.15) is 4.98 Å². The first kappa shape index (κ1) is 16.4. The fraction of sp³-hybridized carbons (Fsp3) is 0.200. The highest BCUT2D eigenvalue weighted by Crippen LogP contribution is 2.28. The molecule has 0 spiro atoms. The summed E-state index contributed by atoms with van der Waals surface area (Å²) in [5.41, 5.74) is 1.39. The first-order chi connectivity index (χ1) is 12.7. The topological polar surface area (TPSA) is 41.1 Å². The van der Waals surface area contributed by atoms with Crippen molar-refractivity contribution in [2.45, 2.75) is 12.8 Å². The minimum absolute atomic E-state index is 0.178. The summed E-state index contributed by atoms with van der Waals surface area (Å²) in [5.74, 6) is -0.421. The summed E-state index contributed by atoms with van der Waals surface area (Å²) in [4.78, 5) is 11.1. The number of halogens is 2. The van der Waals surface area contributed by atoms with E-state index in [0.717, 1.165) is 37.3 Å². The molecule has 4 nitrogen and oxygen atoms in total. The van der Waals surface area contributed by atoms with Crippen molar-refractivity contribution >= 4 is 17.5 Å². The van der Waals surface area contributed by atoms with E-state index in [-0.39, 0.29) is 11.6 Å². The largest absolute Gasteiger partial charge is 0.356 e. The lowest BCUT2D eigenvalue weighted by Crippen LogP contribution is -2.20. The van der Waals surface area contributed by atoms with Gasteiger partial charge < -0.3 is 10.2 Å². The van der Waals surface area contributed by atoms with Gasteiger partial charge in [0.1, 0.15) is 23.1 Å². The van der Waals surface area contributed by atoms with Gasteiger partial charge in [0.2, 0.25) is 5.95 Å². The normalized spacial score (nSPS) is 13.8. The van der Waals surface area contributed by atoms with Crippen LogP contribution >= 0.6 is 0 Å². The van der Waals surface area contributed by atoms with E-state index in [0.29, 0.717) is 5.69 Å². The maximum absolute atomic E-state index is 14.0. The third-order valence-corrected chi connectivity index (χ3v) is 4.41. The van der Waals surface area contributed by atoms with Gasteiger partial charge in [-0.25, -0.2) is 13.8 Å². The molecule has 1 N–H and O–H groups in total. The van der Waals surface area contributed by atoms with Crippen molar-refractivity contribution < 1.29 is 8.78 Å². The van der Waals surface area contributed by atoms with Crippen LogP contribution in [0, 0.1) is 11.6 Å². The molecule has 1 aliphatic heterocycles. The highest BCUT2D eigenvalue weighted by atomic mass is 19.1. The van der Waals surface area contributed by atoms with Crippen LogP contribution in [0.4, 0.5) is 26.2 Å². The smallest absolute Gasteiger partial charge is 0.229 e. The van der Waals surface area contributed by atoms with E-state index in [4.69, 9.17) is 0 Å². The Morgan fingerprint density at radius 1 is 0.846 bits per heavy atom. The Morgan fingerprint density at radius 3 is 2.23 bits per heavy atom. The zero-order chi connectivity index (χ0) is 17.9. The minimum atomic E-state index is -0.679. The number of benzene rings is 2. The van der Waals surface area contributed by atoms with Gasteiger partial charge in [-0.3, -0.25) is 0 Å². The SMILES string of the molecule is Fc1cccc(F)c1Nc1nc(-c2ccccc2)cc(N2CCCC2)n1.